The monoisotopic (exact) mass is 407 g/mol. The molecule has 0 spiro atoms. The number of anilines is 1. The Bertz CT molecular complexity index is 1310. The Morgan fingerprint density at radius 3 is 2.35 bits per heavy atom. The van der Waals surface area contributed by atoms with E-state index in [1.165, 1.54) is 11.1 Å². The van der Waals surface area contributed by atoms with Crippen LogP contribution in [-0.4, -0.2) is 26.7 Å². The highest BCUT2D eigenvalue weighted by molar-refractivity contribution is 5.90. The van der Waals surface area contributed by atoms with E-state index < -0.39 is 0 Å². The molecule has 0 fully saturated rings. The van der Waals surface area contributed by atoms with E-state index in [0.29, 0.717) is 17.6 Å². The van der Waals surface area contributed by atoms with Crippen LogP contribution in [0.1, 0.15) is 11.1 Å². The van der Waals surface area contributed by atoms with Crippen LogP contribution in [0.4, 0.5) is 5.82 Å². The van der Waals surface area contributed by atoms with Gasteiger partial charge in [-0.2, -0.15) is 0 Å². The van der Waals surface area contributed by atoms with E-state index >= 15 is 0 Å². The van der Waals surface area contributed by atoms with E-state index in [0.717, 1.165) is 35.2 Å². The number of nitrogens with one attached hydrogen (secondary N) is 1. The lowest BCUT2D eigenvalue weighted by atomic mass is 10.1. The molecule has 3 aromatic carbocycles. The molecule has 31 heavy (non-hydrogen) atoms. The number of benzene rings is 3. The quantitative estimate of drug-likeness (QED) is 0.411. The first-order valence-corrected chi connectivity index (χ1v) is 10.2. The third kappa shape index (κ3) is 4.14. The van der Waals surface area contributed by atoms with Crippen LogP contribution in [0.3, 0.4) is 0 Å². The molecule has 0 amide bonds. The van der Waals surface area contributed by atoms with Gasteiger partial charge in [0.15, 0.2) is 0 Å². The summed E-state index contributed by atoms with van der Waals surface area (Å²) in [7, 11) is 0. The van der Waals surface area contributed by atoms with Gasteiger partial charge in [0.05, 0.1) is 5.52 Å². The Balaban J connectivity index is 1.45. The topological polar surface area (TPSA) is 76.7 Å². The second-order valence-corrected chi connectivity index (χ2v) is 7.35. The molecule has 152 valence electrons. The maximum absolute atomic E-state index is 5.90. The Labute approximate surface area is 180 Å². The van der Waals surface area contributed by atoms with Crippen molar-refractivity contribution in [3.63, 3.8) is 0 Å². The minimum atomic E-state index is 0.299. The molecule has 2 heterocycles. The fraction of sp³-hybridized carbons (Fsp3) is 0.120. The van der Waals surface area contributed by atoms with Crippen LogP contribution in [0.25, 0.3) is 34.1 Å². The molecule has 6 heteroatoms. The molecule has 6 nitrogen and oxygen atoms in total. The molecule has 0 aliphatic carbocycles. The molecule has 0 bridgehead atoms. The zero-order valence-corrected chi connectivity index (χ0v) is 17.1. The maximum Gasteiger partial charge on any atom is 0.286 e. The van der Waals surface area contributed by atoms with Crippen LogP contribution in [0, 0.1) is 6.92 Å². The minimum absolute atomic E-state index is 0.299. The number of aryl methyl sites for hydroxylation is 1. The van der Waals surface area contributed by atoms with E-state index in [1.54, 1.807) is 0 Å². The Morgan fingerprint density at radius 2 is 1.52 bits per heavy atom. The van der Waals surface area contributed by atoms with Crippen molar-refractivity contribution in [3.05, 3.63) is 90.0 Å². The molecular weight excluding hydrogens is 386 g/mol. The predicted molar refractivity (Wildman–Crippen MR) is 122 cm³/mol. The van der Waals surface area contributed by atoms with Crippen molar-refractivity contribution in [2.24, 2.45) is 0 Å². The van der Waals surface area contributed by atoms with Gasteiger partial charge in [-0.05, 0) is 43.2 Å². The van der Waals surface area contributed by atoms with E-state index in [-0.39, 0.29) is 0 Å². The zero-order chi connectivity index (χ0) is 21.0. The summed E-state index contributed by atoms with van der Waals surface area (Å²) in [5.41, 5.74) is 4.14. The highest BCUT2D eigenvalue weighted by atomic mass is 16.4. The van der Waals surface area contributed by atoms with Crippen LogP contribution >= 0.6 is 0 Å². The van der Waals surface area contributed by atoms with Crippen molar-refractivity contribution in [3.8, 4) is 23.2 Å². The average molecular weight is 407 g/mol. The van der Waals surface area contributed by atoms with Gasteiger partial charge in [-0.1, -0.05) is 60.2 Å². The van der Waals surface area contributed by atoms with Crippen molar-refractivity contribution >= 4 is 16.7 Å². The Kier molecular flexibility index (Phi) is 5.10. The lowest BCUT2D eigenvalue weighted by Gasteiger charge is -2.10. The van der Waals surface area contributed by atoms with E-state index in [2.05, 4.69) is 44.8 Å². The summed E-state index contributed by atoms with van der Waals surface area (Å²) in [4.78, 5) is 9.35. The Hall–Kier alpha value is -4.06. The van der Waals surface area contributed by atoms with Gasteiger partial charge in [0.25, 0.3) is 5.89 Å². The lowest BCUT2D eigenvalue weighted by molar-refractivity contribution is 0.579. The van der Waals surface area contributed by atoms with Crippen molar-refractivity contribution in [2.75, 3.05) is 11.9 Å². The van der Waals surface area contributed by atoms with Crippen molar-refractivity contribution in [2.45, 2.75) is 13.3 Å². The molecule has 0 aliphatic rings. The smallest absolute Gasteiger partial charge is 0.286 e. The molecule has 5 rings (SSSR count). The standard InChI is InChI=1S/C25H21N5O/c1-17-11-13-19(14-12-17)24-29-30-25(31-24)23-27-21-10-6-5-9-20(21)22(28-23)26-16-15-18-7-3-2-4-8-18/h2-14H,15-16H2,1H3,(H,26,27,28). The van der Waals surface area contributed by atoms with Crippen molar-refractivity contribution in [1.82, 2.24) is 20.2 Å². The fourth-order valence-electron chi connectivity index (χ4n) is 3.40. The summed E-state index contributed by atoms with van der Waals surface area (Å²) in [5, 5.41) is 12.8. The second-order valence-electron chi connectivity index (χ2n) is 7.35. The van der Waals surface area contributed by atoms with Gasteiger partial charge in [-0.3, -0.25) is 0 Å². The third-order valence-corrected chi connectivity index (χ3v) is 5.07. The first-order chi connectivity index (χ1) is 15.3. The van der Waals surface area contributed by atoms with Crippen molar-refractivity contribution < 1.29 is 4.42 Å². The van der Waals surface area contributed by atoms with Crippen LogP contribution in [0.2, 0.25) is 0 Å². The minimum Gasteiger partial charge on any atom is -0.413 e. The van der Waals surface area contributed by atoms with Gasteiger partial charge in [0.1, 0.15) is 5.82 Å². The van der Waals surface area contributed by atoms with Crippen molar-refractivity contribution in [1.29, 1.82) is 0 Å². The van der Waals surface area contributed by atoms with Crippen LogP contribution in [-0.2, 0) is 6.42 Å². The molecule has 0 aliphatic heterocycles. The predicted octanol–water partition coefficient (Wildman–Crippen LogP) is 5.31. The second kappa shape index (κ2) is 8.36. The number of fused-ring (bicyclic) bond motifs is 1. The van der Waals surface area contributed by atoms with Gasteiger partial charge in [0, 0.05) is 17.5 Å². The Morgan fingerprint density at radius 1 is 0.774 bits per heavy atom. The fourth-order valence-corrected chi connectivity index (χ4v) is 3.40. The molecule has 0 unspecified atom stereocenters. The molecular formula is C25H21N5O. The highest BCUT2D eigenvalue weighted by Crippen LogP contribution is 2.26. The molecule has 0 saturated carbocycles. The first kappa shape index (κ1) is 18.9. The highest BCUT2D eigenvalue weighted by Gasteiger charge is 2.16. The zero-order valence-electron chi connectivity index (χ0n) is 17.1. The molecule has 0 atom stereocenters. The van der Waals surface area contributed by atoms with Gasteiger partial charge >= 0.3 is 0 Å². The largest absolute Gasteiger partial charge is 0.413 e. The number of aromatic nitrogens is 4. The van der Waals surface area contributed by atoms with Crippen LogP contribution in [0.15, 0.2) is 83.3 Å². The van der Waals surface area contributed by atoms with Crippen LogP contribution in [0.5, 0.6) is 0 Å². The molecule has 0 radical (unpaired) electrons. The summed E-state index contributed by atoms with van der Waals surface area (Å²) in [5.74, 6) is 1.91. The van der Waals surface area contributed by atoms with Crippen LogP contribution < -0.4 is 5.32 Å². The molecule has 0 saturated heterocycles. The summed E-state index contributed by atoms with van der Waals surface area (Å²) in [6.45, 7) is 2.79. The van der Waals surface area contributed by atoms with E-state index in [1.807, 2.05) is 61.5 Å². The third-order valence-electron chi connectivity index (χ3n) is 5.07. The molecule has 5 aromatic rings. The summed E-state index contributed by atoms with van der Waals surface area (Å²) in [6.07, 6.45) is 0.895. The van der Waals surface area contributed by atoms with E-state index in [9.17, 15) is 0 Å². The number of rotatable bonds is 6. The SMILES string of the molecule is Cc1ccc(-c2nnc(-c3nc(NCCc4ccccc4)c4ccccc4n3)o2)cc1. The maximum atomic E-state index is 5.90. The summed E-state index contributed by atoms with van der Waals surface area (Å²) >= 11 is 0. The average Bonchev–Trinajstić information content (AvgIpc) is 3.30. The lowest BCUT2D eigenvalue weighted by Crippen LogP contribution is -2.08. The molecule has 1 N–H and O–H groups in total. The number of hydrogen-bond acceptors (Lipinski definition) is 6. The van der Waals surface area contributed by atoms with E-state index in [4.69, 9.17) is 9.40 Å². The normalized spacial score (nSPS) is 11.0. The molecule has 2 aromatic heterocycles. The summed E-state index contributed by atoms with van der Waals surface area (Å²) in [6, 6.07) is 26.2. The number of para-hydroxylation sites is 1. The van der Waals surface area contributed by atoms with Gasteiger partial charge < -0.3 is 9.73 Å². The number of nitrogens with zero attached hydrogens (tertiary/aromatic N) is 4. The first-order valence-electron chi connectivity index (χ1n) is 10.2. The van der Waals surface area contributed by atoms with Gasteiger partial charge in [-0.15, -0.1) is 10.2 Å². The number of hydrogen-bond donors (Lipinski definition) is 1. The summed E-state index contributed by atoms with van der Waals surface area (Å²) < 4.78 is 5.90. The van der Waals surface area contributed by atoms with Gasteiger partial charge in [0.2, 0.25) is 11.7 Å². The van der Waals surface area contributed by atoms with Gasteiger partial charge in [-0.25, -0.2) is 9.97 Å².